The number of halogens is 1. The molecule has 150 valence electrons. The molecule has 1 aliphatic rings. The number of likely N-dealkylation sites (tertiary alicyclic amines) is 1. The van der Waals surface area contributed by atoms with Crippen molar-refractivity contribution in [3.05, 3.63) is 60.2 Å². The lowest BCUT2D eigenvalue weighted by Crippen LogP contribution is -2.40. The summed E-state index contributed by atoms with van der Waals surface area (Å²) < 4.78 is 24.0. The molecule has 2 heterocycles. The van der Waals surface area contributed by atoms with Gasteiger partial charge in [-0.2, -0.15) is 0 Å². The Kier molecular flexibility index (Phi) is 5.41. The lowest BCUT2D eigenvalue weighted by atomic mass is 9.97. The first-order valence-corrected chi connectivity index (χ1v) is 9.41. The molecular formula is C21H21FN4O3. The molecule has 0 atom stereocenters. The van der Waals surface area contributed by atoms with Crippen LogP contribution in [-0.2, 0) is 0 Å². The summed E-state index contributed by atoms with van der Waals surface area (Å²) in [5, 5.41) is 11.1. The van der Waals surface area contributed by atoms with Crippen molar-refractivity contribution < 1.29 is 18.3 Å². The van der Waals surface area contributed by atoms with Gasteiger partial charge in [0.2, 0.25) is 11.8 Å². The average molecular weight is 396 g/mol. The van der Waals surface area contributed by atoms with Crippen LogP contribution in [0.15, 0.2) is 52.9 Å². The summed E-state index contributed by atoms with van der Waals surface area (Å²) in [6.07, 6.45) is 1.47. The molecule has 1 aromatic heterocycles. The molecular weight excluding hydrogens is 375 g/mol. The summed E-state index contributed by atoms with van der Waals surface area (Å²) in [6, 6.07) is 13.0. The van der Waals surface area contributed by atoms with Crippen molar-refractivity contribution in [2.45, 2.75) is 18.8 Å². The maximum atomic E-state index is 13.1. The topological polar surface area (TPSA) is 80.5 Å². The molecule has 0 unspecified atom stereocenters. The Bertz CT molecular complexity index is 982. The number of nitrogens with one attached hydrogen (secondary N) is 1. The fourth-order valence-electron chi connectivity index (χ4n) is 3.34. The van der Waals surface area contributed by atoms with Crippen LogP contribution in [-0.4, -0.2) is 41.3 Å². The molecule has 0 aliphatic carbocycles. The number of nitrogens with zero attached hydrogens (tertiary/aromatic N) is 3. The molecule has 0 radical (unpaired) electrons. The van der Waals surface area contributed by atoms with Gasteiger partial charge in [0.05, 0.1) is 7.11 Å². The van der Waals surface area contributed by atoms with Crippen LogP contribution in [0.5, 0.6) is 5.75 Å². The molecule has 4 rings (SSSR count). The van der Waals surface area contributed by atoms with E-state index >= 15 is 0 Å². The van der Waals surface area contributed by atoms with Crippen LogP contribution in [0.4, 0.5) is 14.9 Å². The van der Waals surface area contributed by atoms with Gasteiger partial charge in [-0.25, -0.2) is 9.18 Å². The predicted molar refractivity (Wildman–Crippen MR) is 105 cm³/mol. The number of hydrogen-bond donors (Lipinski definition) is 1. The van der Waals surface area contributed by atoms with Crippen LogP contribution >= 0.6 is 0 Å². The number of hydrogen-bond acceptors (Lipinski definition) is 5. The third kappa shape index (κ3) is 4.37. The first kappa shape index (κ1) is 18.9. The van der Waals surface area contributed by atoms with E-state index in [1.165, 1.54) is 12.1 Å². The van der Waals surface area contributed by atoms with E-state index in [1.54, 1.807) is 30.2 Å². The van der Waals surface area contributed by atoms with E-state index in [-0.39, 0.29) is 17.8 Å². The lowest BCUT2D eigenvalue weighted by Gasteiger charge is -2.30. The Morgan fingerprint density at radius 2 is 1.93 bits per heavy atom. The summed E-state index contributed by atoms with van der Waals surface area (Å²) in [7, 11) is 1.59. The van der Waals surface area contributed by atoms with Gasteiger partial charge in [-0.15, -0.1) is 10.2 Å². The number of carbonyl (C=O) groups excluding carboxylic acids is 1. The third-order valence-corrected chi connectivity index (χ3v) is 4.98. The molecule has 0 saturated carbocycles. The number of piperidine rings is 1. The fourth-order valence-corrected chi connectivity index (χ4v) is 3.34. The Labute approximate surface area is 167 Å². The molecule has 8 heteroatoms. The molecule has 3 aromatic rings. The molecule has 0 spiro atoms. The Morgan fingerprint density at radius 3 is 2.66 bits per heavy atom. The lowest BCUT2D eigenvalue weighted by molar-refractivity contribution is 0.190. The van der Waals surface area contributed by atoms with Gasteiger partial charge in [-0.3, -0.25) is 0 Å². The zero-order valence-corrected chi connectivity index (χ0v) is 16.0. The van der Waals surface area contributed by atoms with Crippen LogP contribution in [0, 0.1) is 5.82 Å². The van der Waals surface area contributed by atoms with Gasteiger partial charge in [0.15, 0.2) is 0 Å². The third-order valence-electron chi connectivity index (χ3n) is 4.98. The summed E-state index contributed by atoms with van der Waals surface area (Å²) in [5.41, 5.74) is 1.37. The predicted octanol–water partition coefficient (Wildman–Crippen LogP) is 4.30. The molecule has 1 N–H and O–H groups in total. The average Bonchev–Trinajstić information content (AvgIpc) is 3.25. The van der Waals surface area contributed by atoms with Crippen molar-refractivity contribution in [1.29, 1.82) is 0 Å². The van der Waals surface area contributed by atoms with Crippen molar-refractivity contribution in [1.82, 2.24) is 15.1 Å². The van der Waals surface area contributed by atoms with Gasteiger partial charge in [0.1, 0.15) is 11.6 Å². The van der Waals surface area contributed by atoms with E-state index in [9.17, 15) is 9.18 Å². The van der Waals surface area contributed by atoms with E-state index in [0.717, 1.165) is 12.8 Å². The fraction of sp³-hybridized carbons (Fsp3) is 0.286. The van der Waals surface area contributed by atoms with Crippen LogP contribution in [0.2, 0.25) is 0 Å². The van der Waals surface area contributed by atoms with E-state index in [2.05, 4.69) is 15.5 Å². The van der Waals surface area contributed by atoms with E-state index in [0.29, 0.717) is 41.9 Å². The first-order chi connectivity index (χ1) is 14.1. The van der Waals surface area contributed by atoms with Crippen molar-refractivity contribution in [2.24, 2.45) is 0 Å². The minimum absolute atomic E-state index is 0.0950. The second-order valence-electron chi connectivity index (χ2n) is 6.88. The number of anilines is 1. The molecule has 2 amide bonds. The number of aromatic nitrogens is 2. The number of urea groups is 1. The zero-order chi connectivity index (χ0) is 20.2. The quantitative estimate of drug-likeness (QED) is 0.711. The smallest absolute Gasteiger partial charge is 0.321 e. The van der Waals surface area contributed by atoms with Crippen molar-refractivity contribution in [2.75, 3.05) is 25.5 Å². The second kappa shape index (κ2) is 8.30. The molecule has 1 fully saturated rings. The Morgan fingerprint density at radius 1 is 1.17 bits per heavy atom. The minimum atomic E-state index is -0.312. The van der Waals surface area contributed by atoms with Crippen LogP contribution in [0.1, 0.15) is 24.7 Å². The van der Waals surface area contributed by atoms with Crippen molar-refractivity contribution >= 4 is 11.7 Å². The molecule has 2 aromatic carbocycles. The van der Waals surface area contributed by atoms with Crippen LogP contribution in [0.25, 0.3) is 11.5 Å². The molecule has 0 bridgehead atoms. The second-order valence-corrected chi connectivity index (χ2v) is 6.88. The summed E-state index contributed by atoms with van der Waals surface area (Å²) >= 11 is 0. The zero-order valence-electron chi connectivity index (χ0n) is 16.0. The highest BCUT2D eigenvalue weighted by Gasteiger charge is 2.27. The molecule has 1 saturated heterocycles. The highest BCUT2D eigenvalue weighted by atomic mass is 19.1. The standard InChI is InChI=1S/C21H21FN4O3/c1-28-18-4-2-3-17(13-18)23-21(27)26-11-9-15(10-12-26)20-25-24-19(29-20)14-5-7-16(22)8-6-14/h2-8,13,15H,9-12H2,1H3,(H,23,27). The van der Waals surface area contributed by atoms with Crippen molar-refractivity contribution in [3.63, 3.8) is 0 Å². The highest BCUT2D eigenvalue weighted by molar-refractivity contribution is 5.89. The maximum Gasteiger partial charge on any atom is 0.321 e. The molecule has 29 heavy (non-hydrogen) atoms. The van der Waals surface area contributed by atoms with Gasteiger partial charge in [-0.1, -0.05) is 6.07 Å². The summed E-state index contributed by atoms with van der Waals surface area (Å²) in [6.45, 7) is 1.18. The van der Waals surface area contributed by atoms with E-state index < -0.39 is 0 Å². The van der Waals surface area contributed by atoms with Crippen LogP contribution < -0.4 is 10.1 Å². The number of methoxy groups -OCH3 is 1. The molecule has 7 nitrogen and oxygen atoms in total. The Balaban J connectivity index is 1.34. The summed E-state index contributed by atoms with van der Waals surface area (Å²) in [4.78, 5) is 14.3. The molecule has 1 aliphatic heterocycles. The number of ether oxygens (including phenoxy) is 1. The maximum absolute atomic E-state index is 13.1. The first-order valence-electron chi connectivity index (χ1n) is 9.41. The van der Waals surface area contributed by atoms with Crippen LogP contribution in [0.3, 0.4) is 0 Å². The van der Waals surface area contributed by atoms with Gasteiger partial charge < -0.3 is 19.4 Å². The highest BCUT2D eigenvalue weighted by Crippen LogP contribution is 2.29. The number of carbonyl (C=O) groups is 1. The SMILES string of the molecule is COc1cccc(NC(=O)N2CCC(c3nnc(-c4ccc(F)cc4)o3)CC2)c1. The Hall–Kier alpha value is -3.42. The van der Waals surface area contributed by atoms with Gasteiger partial charge in [0, 0.05) is 36.3 Å². The van der Waals surface area contributed by atoms with E-state index in [4.69, 9.17) is 9.15 Å². The number of benzene rings is 2. The largest absolute Gasteiger partial charge is 0.497 e. The minimum Gasteiger partial charge on any atom is -0.497 e. The van der Waals surface area contributed by atoms with Crippen molar-refractivity contribution in [3.8, 4) is 17.2 Å². The summed E-state index contributed by atoms with van der Waals surface area (Å²) in [5.74, 6) is 1.40. The normalized spacial score (nSPS) is 14.6. The number of rotatable bonds is 4. The number of amides is 2. The monoisotopic (exact) mass is 396 g/mol. The van der Waals surface area contributed by atoms with Gasteiger partial charge in [0.25, 0.3) is 0 Å². The van der Waals surface area contributed by atoms with E-state index in [1.807, 2.05) is 18.2 Å². The van der Waals surface area contributed by atoms with Gasteiger partial charge in [-0.05, 0) is 49.2 Å². The van der Waals surface area contributed by atoms with Gasteiger partial charge >= 0.3 is 6.03 Å².